The van der Waals surface area contributed by atoms with E-state index in [2.05, 4.69) is 189 Å². The van der Waals surface area contributed by atoms with Gasteiger partial charge in [-0.2, -0.15) is 35.8 Å². The van der Waals surface area contributed by atoms with Gasteiger partial charge in [-0.05, 0) is 113 Å². The van der Waals surface area contributed by atoms with Crippen molar-refractivity contribution in [1.82, 2.24) is 60.5 Å². The fraction of sp³-hybridized carbons (Fsp3) is 0.308. The van der Waals surface area contributed by atoms with Gasteiger partial charge in [0, 0.05) is 123 Å². The van der Waals surface area contributed by atoms with E-state index in [1.807, 2.05) is 357 Å². The number of rotatable bonds is 0. The van der Waals surface area contributed by atoms with Crippen molar-refractivity contribution in [3.05, 3.63) is 370 Å². The van der Waals surface area contributed by atoms with Crippen LogP contribution in [0.5, 0.6) is 0 Å². The first kappa shape index (κ1) is 121. The topological polar surface area (TPSA) is 219 Å². The van der Waals surface area contributed by atoms with E-state index in [0.717, 1.165) is 61.1 Å². The number of azo groups is 1. The number of hydrogen-bond acceptors (Lipinski definition) is 16. The van der Waals surface area contributed by atoms with Crippen molar-refractivity contribution in [2.45, 2.75) is 212 Å². The van der Waals surface area contributed by atoms with Crippen LogP contribution in [0.1, 0.15) is 221 Å². The molecule has 0 saturated carbocycles. The molecule has 0 amide bonds. The van der Waals surface area contributed by atoms with Crippen molar-refractivity contribution < 1.29 is 0 Å². The zero-order valence-electron chi connectivity index (χ0n) is 78.5. The summed E-state index contributed by atoms with van der Waals surface area (Å²) in [6, 6.07) is 64.3. The summed E-state index contributed by atoms with van der Waals surface area (Å²) in [4.78, 5) is 39.4. The molecule has 652 valence electrons. The first-order chi connectivity index (χ1) is 60.3. The summed E-state index contributed by atoms with van der Waals surface area (Å²) in [7, 11) is 0. The number of pyridine rings is 3. The van der Waals surface area contributed by atoms with Crippen LogP contribution in [0.25, 0.3) is 38.8 Å². The molecule has 11 heterocycles. The number of aliphatic imine (C=N–C) groups is 3. The number of aromatic amines is 1. The Balaban J connectivity index is -0.000000229. The van der Waals surface area contributed by atoms with Gasteiger partial charge in [-0.15, -0.1) is 0 Å². The van der Waals surface area contributed by atoms with E-state index >= 15 is 0 Å². The number of hydrogen-bond donors (Lipinski definition) is 1. The molecule has 17 heteroatoms. The highest BCUT2D eigenvalue weighted by molar-refractivity contribution is 5.84. The fourth-order valence-corrected chi connectivity index (χ4v) is 8.11. The summed E-state index contributed by atoms with van der Waals surface area (Å²) in [5.74, 6) is 0. The van der Waals surface area contributed by atoms with Crippen molar-refractivity contribution >= 4 is 63.1 Å². The number of nitrogens with one attached hydrogen (secondary N) is 1. The molecule has 19 rings (SSSR count). The summed E-state index contributed by atoms with van der Waals surface area (Å²) in [6.07, 6.45) is 54.8. The Kier molecular flexibility index (Phi) is 108. The second kappa shape index (κ2) is 107. The average molecular weight is 1640 g/mol. The second-order valence-electron chi connectivity index (χ2n) is 19.4. The lowest BCUT2D eigenvalue weighted by atomic mass is 10.1. The normalized spacial score (nSPS) is 9.90. The molecule has 121 heavy (non-hydrogen) atoms. The summed E-state index contributed by atoms with van der Waals surface area (Å²) < 4.78 is 0. The van der Waals surface area contributed by atoms with Gasteiger partial charge >= 0.3 is 0 Å². The molecule has 0 radical (unpaired) electrons. The number of H-pyrrole nitrogens is 1. The minimum Gasteiger partial charge on any atom is -0.289 e. The highest BCUT2D eigenvalue weighted by Gasteiger charge is 2.04. The maximum absolute atomic E-state index is 4.18. The summed E-state index contributed by atoms with van der Waals surface area (Å²) in [6.45, 7) is 54.5. The van der Waals surface area contributed by atoms with Crippen LogP contribution in [-0.4, -0.2) is 85.7 Å². The SMILES string of the molecule is C1=CCC=C1.C1=CCN=C1.C1=CN=CC1.C1=Cc2ccccc2C1.C1=NCc2ccccc21.CC.CC.CC.CC.CC.CC.CC.CC.CC.CC.CC.CC.CC.c1ccc2c(c1)CN=N2.c1ccc2cnccc2c1.c1ccc2ncccc2c1.c1ccc2nccnc2c1.c1ccncc1.c1ccnnc1.c1cn[nH]n1.c1cnccn1. The summed E-state index contributed by atoms with van der Waals surface area (Å²) in [5, 5.41) is 27.8. The summed E-state index contributed by atoms with van der Waals surface area (Å²) >= 11 is 0. The maximum atomic E-state index is 4.18. The molecule has 4 aliphatic heterocycles. The highest BCUT2D eigenvalue weighted by atomic mass is 15.3. The van der Waals surface area contributed by atoms with Crippen LogP contribution < -0.4 is 0 Å². The second-order valence-corrected chi connectivity index (χ2v) is 19.4. The van der Waals surface area contributed by atoms with Gasteiger partial charge in [-0.3, -0.25) is 49.9 Å². The molecule has 0 unspecified atom stereocenters. The Morgan fingerprint density at radius 2 is 0.769 bits per heavy atom. The monoisotopic (exact) mass is 1640 g/mol. The van der Waals surface area contributed by atoms with Gasteiger partial charge in [0.1, 0.15) is 0 Å². The standard InChI is InChI=1S/2C9H7N.C9H8.C8H6N2.C8H7N.C7H6N2.C5H5N.C5H6.2C4H4N2.2C4H5N.C2H3N3.13C2H6/c1-2-6-9-8(4-1)5-3-7-10-9;1-2-4-9-7-10-6-5-8(9)3-1;1-2-5-9-7-3-6-8(9)4-1;1-2-4-8-7(3-1)9-5-6-10-8;1-2-4-8-6-9-5-7(8)3-1;1-2-4-7-6(3-1)5-8-9-7;1-2-4-6-5-3-1;1-2-4-5-3-1;1-2-6-4-3-5-1;1-2-4-6-5-3-1;3*1-2-4-5-3-1;13*1-2/h2*1-7H;1-6H,7H2;1-6H;1-5H,6H2;1-4H,5H2;1-5H;1-4H,5H2;2*1-4H;1,3-4H,2H2;1-3H,4H2;1-2H,(H,3,4,5);13*1-2H3. The maximum Gasteiger partial charge on any atom is 0.0904 e. The van der Waals surface area contributed by atoms with Gasteiger partial charge in [-0.25, -0.2) is 0 Å². The first-order valence-corrected chi connectivity index (χ1v) is 43.5. The Morgan fingerprint density at radius 1 is 0.298 bits per heavy atom. The number of fused-ring (bicyclic) bond motifs is 6. The van der Waals surface area contributed by atoms with Gasteiger partial charge in [0.2, 0.25) is 0 Å². The molecule has 0 atom stereocenters. The number of nitrogens with zero attached hydrogens (tertiary/aromatic N) is 16. The van der Waals surface area contributed by atoms with Gasteiger partial charge in [0.15, 0.2) is 0 Å². The smallest absolute Gasteiger partial charge is 0.0904 e. The van der Waals surface area contributed by atoms with E-state index in [9.17, 15) is 0 Å². The zero-order chi connectivity index (χ0) is 91.6. The van der Waals surface area contributed by atoms with Gasteiger partial charge in [-0.1, -0.05) is 362 Å². The van der Waals surface area contributed by atoms with Crippen molar-refractivity contribution in [2.24, 2.45) is 25.2 Å². The molecule has 17 nitrogen and oxygen atoms in total. The average Bonchev–Trinajstić information content (AvgIpc) is 1.74. The molecule has 1 N–H and O–H groups in total. The van der Waals surface area contributed by atoms with Crippen LogP contribution in [0.4, 0.5) is 5.69 Å². The molecule has 0 fully saturated rings. The van der Waals surface area contributed by atoms with Crippen LogP contribution in [0, 0.1) is 0 Å². The van der Waals surface area contributed by atoms with Crippen molar-refractivity contribution in [1.29, 1.82) is 0 Å². The van der Waals surface area contributed by atoms with Gasteiger partial charge in [0.05, 0.1) is 54.3 Å². The minimum atomic E-state index is 0.760. The highest BCUT2D eigenvalue weighted by Crippen LogP contribution is 2.25. The van der Waals surface area contributed by atoms with E-state index in [1.54, 1.807) is 86.8 Å². The first-order valence-electron chi connectivity index (χ1n) is 43.5. The lowest BCUT2D eigenvalue weighted by Crippen LogP contribution is -1.79. The quantitative estimate of drug-likeness (QED) is 0.150. The molecule has 0 bridgehead atoms. The zero-order valence-corrected chi connectivity index (χ0v) is 78.5. The number of benzene rings is 6. The molecular formula is C104H151N17. The van der Waals surface area contributed by atoms with Crippen LogP contribution in [0.3, 0.4) is 0 Å². The van der Waals surface area contributed by atoms with Crippen molar-refractivity contribution in [2.75, 3.05) is 6.54 Å². The van der Waals surface area contributed by atoms with Gasteiger partial charge in [0.25, 0.3) is 0 Å². The lowest BCUT2D eigenvalue weighted by Gasteiger charge is -1.93. The van der Waals surface area contributed by atoms with E-state index < -0.39 is 0 Å². The molecule has 0 saturated heterocycles. The molecule has 7 aromatic heterocycles. The van der Waals surface area contributed by atoms with Crippen molar-refractivity contribution in [3.63, 3.8) is 0 Å². The fourth-order valence-electron chi connectivity index (χ4n) is 8.11. The Bertz CT molecular complexity index is 3660. The predicted octanol–water partition coefficient (Wildman–Crippen LogP) is 30.5. The predicted molar refractivity (Wildman–Crippen MR) is 534 cm³/mol. The Morgan fingerprint density at radius 3 is 1.17 bits per heavy atom. The Labute approximate surface area is 733 Å². The number of allylic oxidation sites excluding steroid dienone is 7. The summed E-state index contributed by atoms with van der Waals surface area (Å²) in [5.41, 5.74) is 10.7. The van der Waals surface area contributed by atoms with E-state index in [-0.39, 0.29) is 0 Å². The molecule has 6 aliphatic rings. The van der Waals surface area contributed by atoms with E-state index in [4.69, 9.17) is 0 Å². The Hall–Kier alpha value is -12.8. The molecular weight excluding hydrogens is 1490 g/mol. The molecule has 2 aliphatic carbocycles. The van der Waals surface area contributed by atoms with Crippen LogP contribution in [-0.2, 0) is 19.5 Å². The largest absolute Gasteiger partial charge is 0.289 e. The van der Waals surface area contributed by atoms with Gasteiger partial charge < -0.3 is 0 Å². The van der Waals surface area contributed by atoms with E-state index in [1.165, 1.54) is 44.0 Å². The molecule has 6 aromatic carbocycles. The van der Waals surface area contributed by atoms with E-state index in [0.29, 0.717) is 0 Å². The molecule has 13 aromatic rings. The third-order valence-corrected chi connectivity index (χ3v) is 12.7. The third kappa shape index (κ3) is 70.0. The third-order valence-electron chi connectivity index (χ3n) is 12.7. The van der Waals surface area contributed by atoms with Crippen LogP contribution >= 0.6 is 0 Å². The lowest BCUT2D eigenvalue weighted by molar-refractivity contribution is 0.940. The minimum absolute atomic E-state index is 0.760. The number of aromatic nitrogens is 12. The van der Waals surface area contributed by atoms with Crippen LogP contribution in [0.15, 0.2) is 367 Å². The number of para-hydroxylation sites is 3. The molecule has 0 spiro atoms. The van der Waals surface area contributed by atoms with Crippen molar-refractivity contribution in [3.8, 4) is 0 Å². The van der Waals surface area contributed by atoms with Crippen LogP contribution in [0.2, 0.25) is 0 Å².